The Hall–Kier alpha value is -1.32. The number of nitrogens with zero attached hydrogens (tertiary/aromatic N) is 2. The van der Waals surface area contributed by atoms with Crippen LogP contribution in [-0.2, 0) is 6.42 Å². The maximum atomic E-state index is 11.2. The molecule has 0 spiro atoms. The molecule has 2 rings (SSSR count). The van der Waals surface area contributed by atoms with Crippen LogP contribution in [0.5, 0.6) is 0 Å². The number of carbonyl (C=O) groups excluding carboxylic acids is 1. The Labute approximate surface area is 122 Å². The van der Waals surface area contributed by atoms with Crippen LogP contribution in [0.2, 0.25) is 10.2 Å². The van der Waals surface area contributed by atoms with Crippen molar-refractivity contribution in [2.24, 2.45) is 5.92 Å². The van der Waals surface area contributed by atoms with Gasteiger partial charge in [-0.1, -0.05) is 49.2 Å². The molecule has 0 atom stereocenters. The minimum atomic E-state index is 0.304. The molecule has 1 heterocycles. The molecule has 0 amide bonds. The average Bonchev–Trinajstić information content (AvgIpc) is 2.65. The summed E-state index contributed by atoms with van der Waals surface area (Å²) in [6.45, 7) is 4.13. The van der Waals surface area contributed by atoms with Crippen molar-refractivity contribution in [1.82, 2.24) is 9.78 Å². The lowest BCUT2D eigenvalue weighted by Gasteiger charge is -2.05. The van der Waals surface area contributed by atoms with E-state index >= 15 is 0 Å². The van der Waals surface area contributed by atoms with Crippen LogP contribution in [0.25, 0.3) is 5.69 Å². The van der Waals surface area contributed by atoms with E-state index in [0.29, 0.717) is 39.5 Å². The first kappa shape index (κ1) is 14.1. The van der Waals surface area contributed by atoms with Gasteiger partial charge < -0.3 is 0 Å². The van der Waals surface area contributed by atoms with Crippen molar-refractivity contribution in [2.45, 2.75) is 20.3 Å². The second-order valence-electron chi connectivity index (χ2n) is 4.73. The third-order valence-electron chi connectivity index (χ3n) is 2.74. The molecule has 0 saturated carbocycles. The zero-order valence-corrected chi connectivity index (χ0v) is 12.2. The summed E-state index contributed by atoms with van der Waals surface area (Å²) in [5, 5.41) is 5.27. The second-order valence-corrected chi connectivity index (χ2v) is 5.50. The van der Waals surface area contributed by atoms with Gasteiger partial charge in [-0.05, 0) is 24.5 Å². The zero-order valence-electron chi connectivity index (χ0n) is 10.7. The SMILES string of the molecule is CC(C)Cc1nn(-c2ccccc2Cl)c(Cl)c1C=O. The van der Waals surface area contributed by atoms with Gasteiger partial charge in [-0.3, -0.25) is 4.79 Å². The molecule has 0 bridgehead atoms. The van der Waals surface area contributed by atoms with Crippen LogP contribution in [-0.4, -0.2) is 16.1 Å². The Morgan fingerprint density at radius 1 is 1.32 bits per heavy atom. The van der Waals surface area contributed by atoms with Crippen LogP contribution >= 0.6 is 23.2 Å². The number of rotatable bonds is 4. The van der Waals surface area contributed by atoms with Gasteiger partial charge in [0.05, 0.1) is 22.0 Å². The van der Waals surface area contributed by atoms with Crippen molar-refractivity contribution >= 4 is 29.5 Å². The first-order valence-corrected chi connectivity index (χ1v) is 6.77. The van der Waals surface area contributed by atoms with Gasteiger partial charge in [0.2, 0.25) is 0 Å². The quantitative estimate of drug-likeness (QED) is 0.793. The summed E-state index contributed by atoms with van der Waals surface area (Å²) in [6, 6.07) is 7.26. The van der Waals surface area contributed by atoms with Crippen LogP contribution in [0.1, 0.15) is 29.9 Å². The van der Waals surface area contributed by atoms with Gasteiger partial charge >= 0.3 is 0 Å². The molecule has 5 heteroatoms. The Kier molecular flexibility index (Phi) is 4.27. The lowest BCUT2D eigenvalue weighted by atomic mass is 10.1. The van der Waals surface area contributed by atoms with E-state index < -0.39 is 0 Å². The molecule has 0 saturated heterocycles. The van der Waals surface area contributed by atoms with Gasteiger partial charge in [0, 0.05) is 0 Å². The van der Waals surface area contributed by atoms with Crippen LogP contribution in [0.15, 0.2) is 24.3 Å². The van der Waals surface area contributed by atoms with E-state index in [1.807, 2.05) is 18.2 Å². The van der Waals surface area contributed by atoms with E-state index in [-0.39, 0.29) is 0 Å². The first-order valence-electron chi connectivity index (χ1n) is 6.02. The van der Waals surface area contributed by atoms with Crippen LogP contribution < -0.4 is 0 Å². The maximum Gasteiger partial charge on any atom is 0.155 e. The molecule has 1 aromatic heterocycles. The zero-order chi connectivity index (χ0) is 14.0. The topological polar surface area (TPSA) is 34.9 Å². The summed E-state index contributed by atoms with van der Waals surface area (Å²) in [7, 11) is 0. The van der Waals surface area contributed by atoms with Crippen molar-refractivity contribution in [1.29, 1.82) is 0 Å². The highest BCUT2D eigenvalue weighted by molar-refractivity contribution is 6.34. The molecular formula is C14H14Cl2N2O. The third kappa shape index (κ3) is 2.82. The predicted octanol–water partition coefficient (Wildman–Crippen LogP) is 4.19. The fourth-order valence-corrected chi connectivity index (χ4v) is 2.39. The van der Waals surface area contributed by atoms with E-state index in [2.05, 4.69) is 18.9 Å². The van der Waals surface area contributed by atoms with E-state index in [9.17, 15) is 4.79 Å². The monoisotopic (exact) mass is 296 g/mol. The number of benzene rings is 1. The second kappa shape index (κ2) is 5.76. The molecule has 100 valence electrons. The fourth-order valence-electron chi connectivity index (χ4n) is 1.89. The molecule has 0 fully saturated rings. The largest absolute Gasteiger partial charge is 0.298 e. The Morgan fingerprint density at radius 2 is 2.00 bits per heavy atom. The van der Waals surface area contributed by atoms with E-state index in [0.717, 1.165) is 6.29 Å². The lowest BCUT2D eigenvalue weighted by Crippen LogP contribution is -2.00. The molecule has 0 aliphatic heterocycles. The van der Waals surface area contributed by atoms with Crippen LogP contribution in [0.4, 0.5) is 0 Å². The normalized spacial score (nSPS) is 11.0. The molecule has 0 aliphatic rings. The highest BCUT2D eigenvalue weighted by atomic mass is 35.5. The highest BCUT2D eigenvalue weighted by Gasteiger charge is 2.18. The highest BCUT2D eigenvalue weighted by Crippen LogP contribution is 2.27. The van der Waals surface area contributed by atoms with Gasteiger partial charge in [-0.25, -0.2) is 4.68 Å². The fraction of sp³-hybridized carbons (Fsp3) is 0.286. The summed E-state index contributed by atoms with van der Waals surface area (Å²) in [5.41, 5.74) is 1.82. The van der Waals surface area contributed by atoms with Gasteiger partial charge in [0.25, 0.3) is 0 Å². The van der Waals surface area contributed by atoms with Crippen molar-refractivity contribution in [3.8, 4) is 5.69 Å². The standard InChI is InChI=1S/C14H14Cl2N2O/c1-9(2)7-12-10(8-19)14(16)18(17-12)13-6-4-3-5-11(13)15/h3-6,8-9H,7H2,1-2H3. The molecule has 19 heavy (non-hydrogen) atoms. The number of aromatic nitrogens is 2. The van der Waals surface area contributed by atoms with Crippen molar-refractivity contribution < 1.29 is 4.79 Å². The van der Waals surface area contributed by atoms with Gasteiger partial charge in [0.1, 0.15) is 5.15 Å². The minimum Gasteiger partial charge on any atom is -0.298 e. The van der Waals surface area contributed by atoms with Crippen LogP contribution in [0.3, 0.4) is 0 Å². The van der Waals surface area contributed by atoms with Gasteiger partial charge in [0.15, 0.2) is 6.29 Å². The van der Waals surface area contributed by atoms with Crippen molar-refractivity contribution in [3.05, 3.63) is 45.7 Å². The van der Waals surface area contributed by atoms with E-state index in [1.165, 1.54) is 4.68 Å². The van der Waals surface area contributed by atoms with Crippen molar-refractivity contribution in [3.63, 3.8) is 0 Å². The van der Waals surface area contributed by atoms with Gasteiger partial charge in [-0.15, -0.1) is 0 Å². The molecule has 0 unspecified atom stereocenters. The Balaban J connectivity index is 2.56. The summed E-state index contributed by atoms with van der Waals surface area (Å²) < 4.78 is 1.52. The van der Waals surface area contributed by atoms with E-state index in [1.54, 1.807) is 6.07 Å². The van der Waals surface area contributed by atoms with Crippen LogP contribution in [0, 0.1) is 5.92 Å². The number of hydrogen-bond donors (Lipinski definition) is 0. The molecule has 3 nitrogen and oxygen atoms in total. The van der Waals surface area contributed by atoms with Gasteiger partial charge in [-0.2, -0.15) is 5.10 Å². The number of carbonyl (C=O) groups is 1. The maximum absolute atomic E-state index is 11.2. The number of hydrogen-bond acceptors (Lipinski definition) is 2. The minimum absolute atomic E-state index is 0.304. The molecule has 0 N–H and O–H groups in total. The summed E-state index contributed by atoms with van der Waals surface area (Å²) >= 11 is 12.4. The summed E-state index contributed by atoms with van der Waals surface area (Å²) in [4.78, 5) is 11.2. The Morgan fingerprint density at radius 3 is 2.58 bits per heavy atom. The lowest BCUT2D eigenvalue weighted by molar-refractivity contribution is 0.112. The number of aldehydes is 1. The molecule has 1 aromatic carbocycles. The molecule has 0 radical (unpaired) electrons. The number of para-hydroxylation sites is 1. The Bertz CT molecular complexity index is 605. The average molecular weight is 297 g/mol. The molecule has 0 aliphatic carbocycles. The predicted molar refractivity (Wildman–Crippen MR) is 77.5 cm³/mol. The molecular weight excluding hydrogens is 283 g/mol. The summed E-state index contributed by atoms with van der Waals surface area (Å²) in [5.74, 6) is 0.393. The third-order valence-corrected chi connectivity index (χ3v) is 3.42. The first-order chi connectivity index (χ1) is 9.04. The smallest absolute Gasteiger partial charge is 0.155 e. The van der Waals surface area contributed by atoms with Crippen molar-refractivity contribution in [2.75, 3.05) is 0 Å². The van der Waals surface area contributed by atoms with E-state index in [4.69, 9.17) is 23.2 Å². The summed E-state index contributed by atoms with van der Waals surface area (Å²) in [6.07, 6.45) is 1.45. The number of halogens is 2. The molecule has 2 aromatic rings.